The Labute approximate surface area is 124 Å². The molecule has 0 saturated heterocycles. The Balaban J connectivity index is 2.26. The van der Waals surface area contributed by atoms with Gasteiger partial charge in [0.05, 0.1) is 0 Å². The molecular formula is C15H12N2O5. The van der Waals surface area contributed by atoms with Crippen LogP contribution in [0.4, 0.5) is 5.69 Å². The molecule has 0 atom stereocenters. The molecule has 0 aliphatic carbocycles. The van der Waals surface area contributed by atoms with Crippen LogP contribution in [0.2, 0.25) is 0 Å². The van der Waals surface area contributed by atoms with Crippen molar-refractivity contribution in [3.05, 3.63) is 52.3 Å². The normalized spacial score (nSPS) is 10.0. The Morgan fingerprint density at radius 3 is 2.18 bits per heavy atom. The minimum atomic E-state index is -1.30. The quantitative estimate of drug-likeness (QED) is 0.735. The van der Waals surface area contributed by atoms with E-state index >= 15 is 0 Å². The number of H-pyrrole nitrogens is 1. The molecule has 0 fully saturated rings. The van der Waals surface area contributed by atoms with Crippen molar-refractivity contribution >= 4 is 23.3 Å². The van der Waals surface area contributed by atoms with Gasteiger partial charge in [0, 0.05) is 18.3 Å². The van der Waals surface area contributed by atoms with E-state index in [0.29, 0.717) is 16.9 Å². The Hall–Kier alpha value is -3.22. The summed E-state index contributed by atoms with van der Waals surface area (Å²) >= 11 is 0. The molecule has 0 aliphatic heterocycles. The molecule has 0 aliphatic rings. The lowest BCUT2D eigenvalue weighted by atomic mass is 10.1. The van der Waals surface area contributed by atoms with Crippen LogP contribution in [0.1, 0.15) is 17.3 Å². The molecule has 0 radical (unpaired) electrons. The molecule has 2 rings (SSSR count). The lowest BCUT2D eigenvalue weighted by molar-refractivity contribution is -0.133. The Morgan fingerprint density at radius 1 is 1.05 bits per heavy atom. The van der Waals surface area contributed by atoms with Gasteiger partial charge in [-0.3, -0.25) is 14.4 Å². The number of nitrogens with one attached hydrogen (secondary N) is 2. The first-order valence-corrected chi connectivity index (χ1v) is 6.27. The number of amides is 1. The van der Waals surface area contributed by atoms with E-state index < -0.39 is 23.2 Å². The maximum absolute atomic E-state index is 11.6. The van der Waals surface area contributed by atoms with Gasteiger partial charge in [0.25, 0.3) is 11.5 Å². The van der Waals surface area contributed by atoms with Crippen molar-refractivity contribution in [1.29, 1.82) is 0 Å². The van der Waals surface area contributed by atoms with Gasteiger partial charge in [-0.1, -0.05) is 12.1 Å². The minimum Gasteiger partial charge on any atom is -0.477 e. The van der Waals surface area contributed by atoms with Crippen molar-refractivity contribution in [2.75, 3.05) is 5.32 Å². The van der Waals surface area contributed by atoms with Gasteiger partial charge in [0.1, 0.15) is 5.56 Å². The molecule has 0 saturated carbocycles. The van der Waals surface area contributed by atoms with Crippen LogP contribution in [0.5, 0.6) is 0 Å². The molecule has 3 N–H and O–H groups in total. The van der Waals surface area contributed by atoms with Crippen molar-refractivity contribution in [2.24, 2.45) is 0 Å². The van der Waals surface area contributed by atoms with Crippen molar-refractivity contribution in [2.45, 2.75) is 6.92 Å². The summed E-state index contributed by atoms with van der Waals surface area (Å²) in [5.74, 6) is -2.61. The number of anilines is 1. The standard InChI is InChI=1S/C15H12N2O5/c1-8(18)13(19)16-10-4-2-9(3-5-10)12-7-6-11(15(21)22)14(20)17-12/h2-7H,1H3,(H,16,19)(H,17,20)(H,21,22). The number of carbonyl (C=O) groups is 3. The highest BCUT2D eigenvalue weighted by atomic mass is 16.4. The van der Waals surface area contributed by atoms with E-state index in [-0.39, 0.29) is 5.56 Å². The number of aromatic nitrogens is 1. The highest BCUT2D eigenvalue weighted by Crippen LogP contribution is 2.18. The van der Waals surface area contributed by atoms with E-state index in [2.05, 4.69) is 10.3 Å². The topological polar surface area (TPSA) is 116 Å². The van der Waals surface area contributed by atoms with Gasteiger partial charge in [0.15, 0.2) is 0 Å². The third kappa shape index (κ3) is 3.26. The van der Waals surface area contributed by atoms with Gasteiger partial charge in [-0.25, -0.2) is 4.79 Å². The fraction of sp³-hybridized carbons (Fsp3) is 0.0667. The second-order valence-electron chi connectivity index (χ2n) is 4.51. The van der Waals surface area contributed by atoms with E-state index in [0.717, 1.165) is 0 Å². The minimum absolute atomic E-state index is 0.339. The molecule has 0 unspecified atom stereocenters. The van der Waals surface area contributed by atoms with Gasteiger partial charge in [-0.2, -0.15) is 0 Å². The number of hydrogen-bond donors (Lipinski definition) is 3. The van der Waals surface area contributed by atoms with Gasteiger partial charge in [-0.05, 0) is 29.8 Å². The summed E-state index contributed by atoms with van der Waals surface area (Å²) in [6.45, 7) is 1.17. The second kappa shape index (κ2) is 6.04. The molecule has 1 aromatic heterocycles. The van der Waals surface area contributed by atoms with Crippen LogP contribution < -0.4 is 10.9 Å². The molecule has 1 aromatic carbocycles. The van der Waals surface area contributed by atoms with Crippen molar-refractivity contribution in [3.63, 3.8) is 0 Å². The van der Waals surface area contributed by atoms with Crippen LogP contribution in [0.15, 0.2) is 41.2 Å². The zero-order valence-corrected chi connectivity index (χ0v) is 11.5. The zero-order valence-electron chi connectivity index (χ0n) is 11.5. The number of carbonyl (C=O) groups excluding carboxylic acids is 2. The van der Waals surface area contributed by atoms with Crippen LogP contribution in [0.3, 0.4) is 0 Å². The molecule has 1 heterocycles. The Kier molecular flexibility index (Phi) is 4.17. The average molecular weight is 300 g/mol. The molecule has 7 heteroatoms. The molecule has 112 valence electrons. The summed E-state index contributed by atoms with van der Waals surface area (Å²) in [4.78, 5) is 47.0. The third-order valence-corrected chi connectivity index (χ3v) is 2.91. The highest BCUT2D eigenvalue weighted by Gasteiger charge is 2.10. The fourth-order valence-corrected chi connectivity index (χ4v) is 1.76. The monoisotopic (exact) mass is 300 g/mol. The van der Waals surface area contributed by atoms with E-state index in [9.17, 15) is 19.2 Å². The van der Waals surface area contributed by atoms with Crippen molar-refractivity contribution in [1.82, 2.24) is 4.98 Å². The Morgan fingerprint density at radius 2 is 1.68 bits per heavy atom. The number of carboxylic acid groups (broad SMARTS) is 1. The number of pyridine rings is 1. The largest absolute Gasteiger partial charge is 0.477 e. The summed E-state index contributed by atoms with van der Waals surface area (Å²) in [7, 11) is 0. The van der Waals surface area contributed by atoms with E-state index in [1.54, 1.807) is 24.3 Å². The van der Waals surface area contributed by atoms with Crippen LogP contribution >= 0.6 is 0 Å². The van der Waals surface area contributed by atoms with Crippen molar-refractivity contribution in [3.8, 4) is 11.3 Å². The summed E-state index contributed by atoms with van der Waals surface area (Å²) in [6, 6.07) is 9.10. The molecule has 22 heavy (non-hydrogen) atoms. The molecular weight excluding hydrogens is 288 g/mol. The van der Waals surface area contributed by atoms with E-state index in [1.165, 1.54) is 19.1 Å². The van der Waals surface area contributed by atoms with Gasteiger partial charge < -0.3 is 15.4 Å². The third-order valence-electron chi connectivity index (χ3n) is 2.91. The van der Waals surface area contributed by atoms with E-state index in [1.807, 2.05) is 0 Å². The van der Waals surface area contributed by atoms with Crippen LogP contribution in [0, 0.1) is 0 Å². The molecule has 0 spiro atoms. The summed E-state index contributed by atoms with van der Waals surface area (Å²) in [5, 5.41) is 11.2. The zero-order chi connectivity index (χ0) is 16.3. The first-order valence-electron chi connectivity index (χ1n) is 6.27. The first kappa shape index (κ1) is 15.2. The number of hydrogen-bond acceptors (Lipinski definition) is 4. The van der Waals surface area contributed by atoms with Gasteiger partial charge in [-0.15, -0.1) is 0 Å². The van der Waals surface area contributed by atoms with Crippen LogP contribution in [-0.2, 0) is 9.59 Å². The number of Topliss-reactive ketones (excluding diaryl/α,β-unsaturated/α-hetero) is 1. The summed E-state index contributed by atoms with van der Waals surface area (Å²) < 4.78 is 0. The van der Waals surface area contributed by atoms with E-state index in [4.69, 9.17) is 5.11 Å². The molecule has 1 amide bonds. The SMILES string of the molecule is CC(=O)C(=O)Nc1ccc(-c2ccc(C(=O)O)c(=O)[nH]2)cc1. The average Bonchev–Trinajstić information content (AvgIpc) is 2.47. The first-order chi connectivity index (χ1) is 10.4. The summed E-state index contributed by atoms with van der Waals surface area (Å²) in [5.41, 5.74) is 0.482. The van der Waals surface area contributed by atoms with Crippen LogP contribution in [0.25, 0.3) is 11.3 Å². The summed E-state index contributed by atoms with van der Waals surface area (Å²) in [6.07, 6.45) is 0. The number of carboxylic acids is 1. The highest BCUT2D eigenvalue weighted by molar-refractivity contribution is 6.39. The molecule has 0 bridgehead atoms. The molecule has 7 nitrogen and oxygen atoms in total. The van der Waals surface area contributed by atoms with Gasteiger partial charge in [0.2, 0.25) is 5.78 Å². The molecule has 2 aromatic rings. The smallest absolute Gasteiger partial charge is 0.341 e. The second-order valence-corrected chi connectivity index (χ2v) is 4.51. The predicted octanol–water partition coefficient (Wildman–Crippen LogP) is 1.27. The Bertz CT molecular complexity index is 805. The number of ketones is 1. The maximum atomic E-state index is 11.6. The predicted molar refractivity (Wildman–Crippen MR) is 78.8 cm³/mol. The van der Waals surface area contributed by atoms with Crippen molar-refractivity contribution < 1.29 is 19.5 Å². The number of aromatic amines is 1. The number of rotatable bonds is 4. The van der Waals surface area contributed by atoms with Crippen LogP contribution in [-0.4, -0.2) is 27.8 Å². The fourth-order valence-electron chi connectivity index (χ4n) is 1.76. The lowest BCUT2D eigenvalue weighted by Crippen LogP contribution is -2.19. The number of benzene rings is 1. The van der Waals surface area contributed by atoms with Gasteiger partial charge >= 0.3 is 5.97 Å². The maximum Gasteiger partial charge on any atom is 0.341 e. The lowest BCUT2D eigenvalue weighted by Gasteiger charge is -2.05. The number of aromatic carboxylic acids is 1.